The Bertz CT molecular complexity index is 548. The Morgan fingerprint density at radius 1 is 0.960 bits per heavy atom. The van der Waals surface area contributed by atoms with Gasteiger partial charge in [0.05, 0.1) is 6.10 Å². The molecule has 0 N–H and O–H groups in total. The van der Waals surface area contributed by atoms with E-state index in [0.29, 0.717) is 6.42 Å². The van der Waals surface area contributed by atoms with Crippen LogP contribution in [0.4, 0.5) is 0 Å². The zero-order chi connectivity index (χ0) is 19.8. The van der Waals surface area contributed by atoms with Crippen LogP contribution >= 0.6 is 0 Å². The first-order chi connectivity index (χ1) is 11.0. The largest absolute Gasteiger partial charge is 0.407 e. The lowest BCUT2D eigenvalue weighted by atomic mass is 10.1. The lowest BCUT2D eigenvalue weighted by Crippen LogP contribution is -2.52. The molecule has 3 nitrogen and oxygen atoms in total. The van der Waals surface area contributed by atoms with Crippen molar-refractivity contribution in [2.45, 2.75) is 96.4 Å². The number of ketones is 1. The van der Waals surface area contributed by atoms with Gasteiger partial charge in [-0.3, -0.25) is 4.79 Å². The van der Waals surface area contributed by atoms with Crippen molar-refractivity contribution in [3.63, 3.8) is 0 Å². The van der Waals surface area contributed by atoms with Gasteiger partial charge >= 0.3 is 0 Å². The molecule has 0 aliphatic heterocycles. The molecule has 2 atom stereocenters. The van der Waals surface area contributed by atoms with Crippen molar-refractivity contribution in [3.05, 3.63) is 24.3 Å². The first kappa shape index (κ1) is 22.5. The molecule has 0 amide bonds. The molecule has 0 saturated carbocycles. The van der Waals surface area contributed by atoms with Crippen LogP contribution in [0.3, 0.4) is 0 Å². The summed E-state index contributed by atoms with van der Waals surface area (Å²) in [5.74, 6) is 0.0467. The lowest BCUT2D eigenvalue weighted by Gasteiger charge is -2.43. The predicted molar refractivity (Wildman–Crippen MR) is 112 cm³/mol. The normalized spacial score (nSPS) is 23.0. The van der Waals surface area contributed by atoms with Gasteiger partial charge in [0.1, 0.15) is 6.10 Å². The van der Waals surface area contributed by atoms with Crippen molar-refractivity contribution in [2.75, 3.05) is 0 Å². The lowest BCUT2D eigenvalue weighted by molar-refractivity contribution is -0.123. The monoisotopic (exact) mass is 382 g/mol. The van der Waals surface area contributed by atoms with Gasteiger partial charge in [0.25, 0.3) is 0 Å². The van der Waals surface area contributed by atoms with Gasteiger partial charge in [-0.05, 0) is 54.3 Å². The third-order valence-electron chi connectivity index (χ3n) is 6.08. The summed E-state index contributed by atoms with van der Waals surface area (Å²) in [4.78, 5) is 12.7. The fourth-order valence-electron chi connectivity index (χ4n) is 2.28. The van der Waals surface area contributed by atoms with E-state index in [0.717, 1.165) is 5.57 Å². The first-order valence-corrected chi connectivity index (χ1v) is 15.1. The van der Waals surface area contributed by atoms with E-state index in [2.05, 4.69) is 74.3 Å². The Morgan fingerprint density at radius 2 is 1.36 bits per heavy atom. The molecule has 0 aromatic rings. The van der Waals surface area contributed by atoms with Crippen LogP contribution in [-0.4, -0.2) is 34.6 Å². The minimum absolute atomic E-state index is 0.0467. The van der Waals surface area contributed by atoms with Crippen LogP contribution in [0.25, 0.3) is 0 Å². The molecule has 1 rings (SSSR count). The fraction of sp³-hybridized carbons (Fsp3) is 0.750. The molecule has 0 bridgehead atoms. The van der Waals surface area contributed by atoms with E-state index in [1.165, 1.54) is 0 Å². The Kier molecular flexibility index (Phi) is 6.54. The maximum atomic E-state index is 12.7. The molecule has 25 heavy (non-hydrogen) atoms. The highest BCUT2D eigenvalue weighted by molar-refractivity contribution is 6.75. The van der Waals surface area contributed by atoms with Gasteiger partial charge in [-0.15, -0.1) is 6.58 Å². The van der Waals surface area contributed by atoms with E-state index in [1.807, 2.05) is 6.08 Å². The summed E-state index contributed by atoms with van der Waals surface area (Å²) in [5, 5.41) is 0.134. The molecule has 0 aromatic carbocycles. The maximum absolute atomic E-state index is 12.7. The van der Waals surface area contributed by atoms with Gasteiger partial charge in [0.15, 0.2) is 22.4 Å². The summed E-state index contributed by atoms with van der Waals surface area (Å²) < 4.78 is 13.2. The summed E-state index contributed by atoms with van der Waals surface area (Å²) in [6.45, 7) is 25.9. The Hall–Kier alpha value is -0.496. The average molecular weight is 383 g/mol. The van der Waals surface area contributed by atoms with Crippen LogP contribution in [0.15, 0.2) is 24.3 Å². The van der Waals surface area contributed by atoms with E-state index >= 15 is 0 Å². The van der Waals surface area contributed by atoms with Crippen LogP contribution in [0.5, 0.6) is 0 Å². The fourth-order valence-corrected chi connectivity index (χ4v) is 4.77. The molecule has 144 valence electrons. The van der Waals surface area contributed by atoms with Crippen molar-refractivity contribution in [1.82, 2.24) is 0 Å². The van der Waals surface area contributed by atoms with Gasteiger partial charge in [0, 0.05) is 0 Å². The Morgan fingerprint density at radius 3 is 1.72 bits per heavy atom. The van der Waals surface area contributed by atoms with Gasteiger partial charge in [-0.1, -0.05) is 47.6 Å². The van der Waals surface area contributed by atoms with Crippen molar-refractivity contribution in [2.24, 2.45) is 0 Å². The van der Waals surface area contributed by atoms with E-state index in [1.54, 1.807) is 6.08 Å². The molecule has 0 radical (unpaired) electrons. The molecule has 0 saturated heterocycles. The number of hydrogen-bond acceptors (Lipinski definition) is 3. The summed E-state index contributed by atoms with van der Waals surface area (Å²) in [6.07, 6.45) is 3.46. The van der Waals surface area contributed by atoms with Crippen LogP contribution in [-0.2, 0) is 13.6 Å². The maximum Gasteiger partial charge on any atom is 0.193 e. The molecular formula is C20H38O3Si2. The average Bonchev–Trinajstić information content (AvgIpc) is 2.64. The molecular weight excluding hydrogens is 344 g/mol. The molecule has 0 heterocycles. The van der Waals surface area contributed by atoms with Crippen molar-refractivity contribution in [3.8, 4) is 0 Å². The number of carbonyl (C=O) groups excluding carboxylic acids is 1. The molecule has 0 fully saturated rings. The van der Waals surface area contributed by atoms with Gasteiger partial charge in [-0.2, -0.15) is 0 Å². The summed E-state index contributed by atoms with van der Waals surface area (Å²) >= 11 is 0. The first-order valence-electron chi connectivity index (χ1n) is 9.24. The number of carbonyl (C=O) groups is 1. The highest BCUT2D eigenvalue weighted by Gasteiger charge is 2.49. The van der Waals surface area contributed by atoms with E-state index in [-0.39, 0.29) is 22.0 Å². The van der Waals surface area contributed by atoms with Crippen molar-refractivity contribution in [1.29, 1.82) is 0 Å². The number of rotatable bonds is 6. The highest BCUT2D eigenvalue weighted by Crippen LogP contribution is 2.43. The summed E-state index contributed by atoms with van der Waals surface area (Å²) in [7, 11) is -4.10. The Balaban J connectivity index is 3.18. The van der Waals surface area contributed by atoms with Crippen LogP contribution in [0.2, 0.25) is 36.3 Å². The molecule has 1 aliphatic carbocycles. The Labute approximate surface area is 157 Å². The third-order valence-corrected chi connectivity index (χ3v) is 15.0. The zero-order valence-corrected chi connectivity index (χ0v) is 19.9. The van der Waals surface area contributed by atoms with E-state index in [9.17, 15) is 4.79 Å². The highest BCUT2D eigenvalue weighted by atomic mass is 28.4. The van der Waals surface area contributed by atoms with Gasteiger partial charge in [-0.25, -0.2) is 0 Å². The number of hydrogen-bond donors (Lipinski definition) is 0. The topological polar surface area (TPSA) is 35.5 Å². The minimum Gasteiger partial charge on any atom is -0.407 e. The summed E-state index contributed by atoms with van der Waals surface area (Å²) in [5.41, 5.74) is 1.01. The quantitative estimate of drug-likeness (QED) is 0.427. The third kappa shape index (κ3) is 5.03. The minimum atomic E-state index is -2.07. The second-order valence-corrected chi connectivity index (χ2v) is 19.7. The van der Waals surface area contributed by atoms with E-state index < -0.39 is 22.7 Å². The zero-order valence-electron chi connectivity index (χ0n) is 17.9. The smallest absolute Gasteiger partial charge is 0.193 e. The van der Waals surface area contributed by atoms with E-state index in [4.69, 9.17) is 8.85 Å². The second kappa shape index (κ2) is 7.26. The number of allylic oxidation sites excluding steroid dienone is 1. The standard InChI is InChI=1S/C20H38O3Si2/c1-12-13-15-14-16(21)18(23-25(10,11)20(5,6)7)17(15)22-24(8,9)19(2,3)4/h12,14,17-18H,1,13H2,2-11H3/t17-,18-/m0/s1. The van der Waals surface area contributed by atoms with Crippen molar-refractivity contribution >= 4 is 22.4 Å². The van der Waals surface area contributed by atoms with Gasteiger partial charge in [0.2, 0.25) is 0 Å². The predicted octanol–water partition coefficient (Wildman–Crippen LogP) is 5.85. The molecule has 0 spiro atoms. The van der Waals surface area contributed by atoms with Crippen molar-refractivity contribution < 1.29 is 13.6 Å². The second-order valence-electron chi connectivity index (χ2n) is 10.2. The SMILES string of the molecule is C=CCC1=CC(=O)[C@H](O[Si](C)(C)C(C)(C)C)[C@H]1O[Si](C)(C)C(C)(C)C. The van der Waals surface area contributed by atoms with Crippen LogP contribution in [0.1, 0.15) is 48.0 Å². The van der Waals surface area contributed by atoms with Gasteiger partial charge < -0.3 is 8.85 Å². The summed E-state index contributed by atoms with van der Waals surface area (Å²) in [6, 6.07) is 0. The molecule has 1 aliphatic rings. The van der Waals surface area contributed by atoms with Crippen LogP contribution in [0, 0.1) is 0 Å². The molecule has 0 unspecified atom stereocenters. The molecule has 0 aromatic heterocycles. The van der Waals surface area contributed by atoms with Crippen LogP contribution < -0.4 is 0 Å². The molecule has 5 heteroatoms.